The number of likely N-dealkylation sites (N-methyl/N-ethyl adjacent to an activating group) is 1. The molecule has 0 aromatic carbocycles. The van der Waals surface area contributed by atoms with E-state index >= 15 is 0 Å². The third-order valence-electron chi connectivity index (χ3n) is 2.63. The summed E-state index contributed by atoms with van der Waals surface area (Å²) in [4.78, 5) is 35.9. The quantitative estimate of drug-likeness (QED) is 0.558. The number of esters is 1. The van der Waals surface area contributed by atoms with Gasteiger partial charge in [0, 0.05) is 25.4 Å². The zero-order valence-corrected chi connectivity index (χ0v) is 13.1. The lowest BCUT2D eigenvalue weighted by Crippen LogP contribution is -2.36. The van der Waals surface area contributed by atoms with Crippen LogP contribution in [0.2, 0.25) is 0 Å². The van der Waals surface area contributed by atoms with E-state index in [1.807, 2.05) is 20.8 Å². The van der Waals surface area contributed by atoms with E-state index in [-0.39, 0.29) is 18.4 Å². The van der Waals surface area contributed by atoms with Crippen LogP contribution in [0.1, 0.15) is 40.5 Å². The Labute approximate surface area is 120 Å². The van der Waals surface area contributed by atoms with E-state index in [2.05, 4.69) is 5.32 Å². The summed E-state index contributed by atoms with van der Waals surface area (Å²) in [7, 11) is 1.56. The first-order chi connectivity index (χ1) is 9.18. The number of nitrogens with one attached hydrogen (secondary N) is 1. The lowest BCUT2D eigenvalue weighted by molar-refractivity contribution is -0.148. The summed E-state index contributed by atoms with van der Waals surface area (Å²) in [5.74, 6) is -0.586. The Balaban J connectivity index is 3.88. The first-order valence-corrected chi connectivity index (χ1v) is 6.86. The highest BCUT2D eigenvalue weighted by Gasteiger charge is 2.20. The number of rotatable bonds is 7. The second-order valence-corrected chi connectivity index (χ2v) is 5.66. The summed E-state index contributed by atoms with van der Waals surface area (Å²) < 4.78 is 4.77. The first kappa shape index (κ1) is 18.4. The maximum atomic E-state index is 11.7. The van der Waals surface area contributed by atoms with Gasteiger partial charge in [0.15, 0.2) is 0 Å². The van der Waals surface area contributed by atoms with Gasteiger partial charge in [-0.25, -0.2) is 0 Å². The highest BCUT2D eigenvalue weighted by molar-refractivity contribution is 5.82. The summed E-state index contributed by atoms with van der Waals surface area (Å²) in [6, 6.07) is 0. The Morgan fingerprint density at radius 3 is 2.30 bits per heavy atom. The van der Waals surface area contributed by atoms with Crippen molar-refractivity contribution in [1.29, 1.82) is 0 Å². The Kier molecular flexibility index (Phi) is 7.87. The van der Waals surface area contributed by atoms with Crippen molar-refractivity contribution < 1.29 is 19.1 Å². The number of amides is 2. The van der Waals surface area contributed by atoms with Crippen LogP contribution in [0.5, 0.6) is 0 Å². The zero-order valence-electron chi connectivity index (χ0n) is 13.1. The number of ether oxygens (including phenoxy) is 1. The van der Waals surface area contributed by atoms with Crippen LogP contribution in [0.4, 0.5) is 0 Å². The van der Waals surface area contributed by atoms with Gasteiger partial charge in [-0.15, -0.1) is 0 Å². The van der Waals surface area contributed by atoms with Crippen molar-refractivity contribution in [3.8, 4) is 0 Å². The molecule has 0 aliphatic rings. The molecule has 0 aromatic rings. The van der Waals surface area contributed by atoms with Crippen molar-refractivity contribution in [1.82, 2.24) is 10.2 Å². The molecule has 0 spiro atoms. The zero-order chi connectivity index (χ0) is 15.8. The monoisotopic (exact) mass is 286 g/mol. The number of nitrogens with zero attached hydrogens (tertiary/aromatic N) is 1. The lowest BCUT2D eigenvalue weighted by Gasteiger charge is -2.18. The van der Waals surface area contributed by atoms with Crippen LogP contribution in [0.3, 0.4) is 0 Å². The van der Waals surface area contributed by atoms with Crippen LogP contribution in [0, 0.1) is 5.41 Å². The average molecular weight is 286 g/mol. The SMILES string of the molecule is CCOC(=O)CN(C)C(=O)CCCNC(=O)C(C)(C)C. The van der Waals surface area contributed by atoms with E-state index in [1.165, 1.54) is 4.90 Å². The third kappa shape index (κ3) is 7.76. The van der Waals surface area contributed by atoms with Crippen LogP contribution in [0.25, 0.3) is 0 Å². The van der Waals surface area contributed by atoms with Gasteiger partial charge in [-0.1, -0.05) is 20.8 Å². The van der Waals surface area contributed by atoms with Crippen LogP contribution in [0.15, 0.2) is 0 Å². The maximum Gasteiger partial charge on any atom is 0.325 e. The minimum Gasteiger partial charge on any atom is -0.465 e. The predicted octanol–water partition coefficient (Wildman–Crippen LogP) is 0.950. The fourth-order valence-corrected chi connectivity index (χ4v) is 1.39. The molecule has 0 aromatic heterocycles. The smallest absolute Gasteiger partial charge is 0.325 e. The summed E-state index contributed by atoms with van der Waals surface area (Å²) in [6.45, 7) is 7.94. The van der Waals surface area contributed by atoms with Gasteiger partial charge in [0.2, 0.25) is 11.8 Å². The second-order valence-electron chi connectivity index (χ2n) is 5.66. The molecule has 0 rings (SSSR count). The van der Waals surface area contributed by atoms with Crippen molar-refractivity contribution >= 4 is 17.8 Å². The molecular formula is C14H26N2O4. The van der Waals surface area contributed by atoms with Crippen molar-refractivity contribution in [2.45, 2.75) is 40.5 Å². The first-order valence-electron chi connectivity index (χ1n) is 6.86. The van der Waals surface area contributed by atoms with Gasteiger partial charge in [0.05, 0.1) is 6.61 Å². The van der Waals surface area contributed by atoms with Gasteiger partial charge in [-0.3, -0.25) is 14.4 Å². The summed E-state index contributed by atoms with van der Waals surface area (Å²) in [6.07, 6.45) is 0.841. The summed E-state index contributed by atoms with van der Waals surface area (Å²) in [5.41, 5.74) is -0.426. The van der Waals surface area contributed by atoms with E-state index in [0.29, 0.717) is 26.0 Å². The standard InChI is InChI=1S/C14H26N2O4/c1-6-20-12(18)10-16(5)11(17)8-7-9-15-13(19)14(2,3)4/h6-10H2,1-5H3,(H,15,19). The number of hydrogen-bond donors (Lipinski definition) is 1. The van der Waals surface area contributed by atoms with Crippen molar-refractivity contribution in [2.24, 2.45) is 5.41 Å². The van der Waals surface area contributed by atoms with Crippen LogP contribution in [-0.4, -0.2) is 49.4 Å². The topological polar surface area (TPSA) is 75.7 Å². The molecule has 0 bridgehead atoms. The normalized spacial score (nSPS) is 10.8. The Morgan fingerprint density at radius 2 is 1.80 bits per heavy atom. The van der Waals surface area contributed by atoms with Crippen LogP contribution in [-0.2, 0) is 19.1 Å². The molecule has 0 radical (unpaired) electrons. The molecular weight excluding hydrogens is 260 g/mol. The van der Waals surface area contributed by atoms with E-state index in [1.54, 1.807) is 14.0 Å². The molecule has 0 heterocycles. The van der Waals surface area contributed by atoms with Crippen molar-refractivity contribution in [3.63, 3.8) is 0 Å². The average Bonchev–Trinajstić information content (AvgIpc) is 2.32. The Morgan fingerprint density at radius 1 is 1.20 bits per heavy atom. The summed E-state index contributed by atoms with van der Waals surface area (Å²) in [5, 5.41) is 2.78. The molecule has 6 heteroatoms. The van der Waals surface area contributed by atoms with Crippen molar-refractivity contribution in [2.75, 3.05) is 26.7 Å². The van der Waals surface area contributed by atoms with Gasteiger partial charge in [-0.2, -0.15) is 0 Å². The maximum absolute atomic E-state index is 11.7. The molecule has 0 aliphatic carbocycles. The number of carbonyl (C=O) groups excluding carboxylic acids is 3. The second kappa shape index (κ2) is 8.55. The van der Waals surface area contributed by atoms with E-state index in [9.17, 15) is 14.4 Å². The minimum absolute atomic E-state index is 0.0372. The molecule has 6 nitrogen and oxygen atoms in total. The number of hydrogen-bond acceptors (Lipinski definition) is 4. The largest absolute Gasteiger partial charge is 0.465 e. The molecule has 0 fully saturated rings. The molecule has 20 heavy (non-hydrogen) atoms. The molecule has 0 unspecified atom stereocenters. The third-order valence-corrected chi connectivity index (χ3v) is 2.63. The molecule has 0 atom stereocenters. The number of carbonyl (C=O) groups is 3. The van der Waals surface area contributed by atoms with Gasteiger partial charge < -0.3 is 15.0 Å². The molecule has 116 valence electrons. The fourth-order valence-electron chi connectivity index (χ4n) is 1.39. The van der Waals surface area contributed by atoms with Crippen LogP contribution < -0.4 is 5.32 Å². The molecule has 0 saturated heterocycles. The lowest BCUT2D eigenvalue weighted by atomic mass is 9.96. The van der Waals surface area contributed by atoms with E-state index in [0.717, 1.165) is 0 Å². The van der Waals surface area contributed by atoms with E-state index in [4.69, 9.17) is 4.74 Å². The highest BCUT2D eigenvalue weighted by Crippen LogP contribution is 2.12. The van der Waals surface area contributed by atoms with E-state index < -0.39 is 11.4 Å². The molecule has 1 N–H and O–H groups in total. The Bertz CT molecular complexity index is 348. The minimum atomic E-state index is -0.426. The Hall–Kier alpha value is -1.59. The highest BCUT2D eigenvalue weighted by atomic mass is 16.5. The van der Waals surface area contributed by atoms with Gasteiger partial charge in [-0.05, 0) is 13.3 Å². The van der Waals surface area contributed by atoms with Crippen molar-refractivity contribution in [3.05, 3.63) is 0 Å². The fraction of sp³-hybridized carbons (Fsp3) is 0.786. The molecule has 0 aliphatic heterocycles. The molecule has 0 saturated carbocycles. The van der Waals surface area contributed by atoms with Gasteiger partial charge in [0.25, 0.3) is 0 Å². The van der Waals surface area contributed by atoms with Gasteiger partial charge >= 0.3 is 5.97 Å². The van der Waals surface area contributed by atoms with Gasteiger partial charge in [0.1, 0.15) is 6.54 Å². The van der Waals surface area contributed by atoms with Crippen LogP contribution >= 0.6 is 0 Å². The predicted molar refractivity (Wildman–Crippen MR) is 76.0 cm³/mol. The molecule has 2 amide bonds. The summed E-state index contributed by atoms with van der Waals surface area (Å²) >= 11 is 0.